The van der Waals surface area contributed by atoms with Crippen LogP contribution in [0.15, 0.2) is 40.2 Å². The number of hydrogen-bond donors (Lipinski definition) is 2. The van der Waals surface area contributed by atoms with Crippen molar-refractivity contribution in [3.8, 4) is 11.5 Å². The Hall–Kier alpha value is -1.73. The monoisotopic (exact) mass is 396 g/mol. The first-order valence-electron chi connectivity index (χ1n) is 7.35. The van der Waals surface area contributed by atoms with Crippen molar-refractivity contribution >= 4 is 33.3 Å². The van der Waals surface area contributed by atoms with Gasteiger partial charge in [0.2, 0.25) is 0 Å². The topological polar surface area (TPSA) is 59.6 Å². The third-order valence-corrected chi connectivity index (χ3v) is 5.03. The number of urea groups is 1. The number of carbonyl (C=O) groups is 1. The molecule has 0 fully saturated rings. The van der Waals surface area contributed by atoms with Gasteiger partial charge >= 0.3 is 6.03 Å². The summed E-state index contributed by atoms with van der Waals surface area (Å²) < 4.78 is 12.5. The second kappa shape index (κ2) is 7.70. The molecule has 2 N–H and O–H groups in total. The smallest absolute Gasteiger partial charge is 0.314 e. The molecule has 0 radical (unpaired) electrons. The molecule has 0 spiro atoms. The molecule has 23 heavy (non-hydrogen) atoms. The first-order chi connectivity index (χ1) is 11.2. The van der Waals surface area contributed by atoms with Gasteiger partial charge in [0.05, 0.1) is 10.3 Å². The Labute approximate surface area is 147 Å². The third-order valence-electron chi connectivity index (χ3n) is 3.34. The molecule has 122 valence electrons. The molecular formula is C16H17BrN2O3S. The SMILES string of the molecule is O=C(NCCc1ccc(Br)s1)NC[C@H]1COc2ccccc2O1. The van der Waals surface area contributed by atoms with E-state index < -0.39 is 0 Å². The van der Waals surface area contributed by atoms with Crippen molar-refractivity contribution in [2.75, 3.05) is 19.7 Å². The van der Waals surface area contributed by atoms with E-state index in [4.69, 9.17) is 9.47 Å². The molecule has 1 aliphatic heterocycles. The minimum Gasteiger partial charge on any atom is -0.486 e. The van der Waals surface area contributed by atoms with E-state index in [0.717, 1.165) is 16.0 Å². The van der Waals surface area contributed by atoms with Gasteiger partial charge in [-0.05, 0) is 46.6 Å². The van der Waals surface area contributed by atoms with E-state index in [1.807, 2.05) is 30.3 Å². The molecule has 0 saturated heterocycles. The zero-order valence-corrected chi connectivity index (χ0v) is 14.8. The number of ether oxygens (including phenoxy) is 2. The highest BCUT2D eigenvalue weighted by atomic mass is 79.9. The maximum atomic E-state index is 11.8. The van der Waals surface area contributed by atoms with Crippen LogP contribution in [0.2, 0.25) is 0 Å². The predicted molar refractivity (Wildman–Crippen MR) is 93.5 cm³/mol. The number of nitrogens with one attached hydrogen (secondary N) is 2. The molecule has 5 nitrogen and oxygen atoms in total. The highest BCUT2D eigenvalue weighted by Crippen LogP contribution is 2.30. The largest absolute Gasteiger partial charge is 0.486 e. The molecule has 1 atom stereocenters. The summed E-state index contributed by atoms with van der Waals surface area (Å²) in [6.45, 7) is 1.44. The minimum atomic E-state index is -0.192. The Morgan fingerprint density at radius 3 is 2.83 bits per heavy atom. The molecule has 2 heterocycles. The third kappa shape index (κ3) is 4.62. The summed E-state index contributed by atoms with van der Waals surface area (Å²) in [6.07, 6.45) is 0.643. The van der Waals surface area contributed by atoms with Crippen LogP contribution in [0, 0.1) is 0 Å². The first-order valence-corrected chi connectivity index (χ1v) is 8.96. The fourth-order valence-corrected chi connectivity index (χ4v) is 3.70. The molecule has 1 aliphatic rings. The lowest BCUT2D eigenvalue weighted by molar-refractivity contribution is 0.0918. The summed E-state index contributed by atoms with van der Waals surface area (Å²) in [6, 6.07) is 11.4. The lowest BCUT2D eigenvalue weighted by Crippen LogP contribution is -2.44. The van der Waals surface area contributed by atoms with Crippen molar-refractivity contribution in [1.29, 1.82) is 0 Å². The van der Waals surface area contributed by atoms with Crippen molar-refractivity contribution < 1.29 is 14.3 Å². The number of rotatable bonds is 5. The molecule has 0 saturated carbocycles. The van der Waals surface area contributed by atoms with Crippen molar-refractivity contribution in [2.24, 2.45) is 0 Å². The van der Waals surface area contributed by atoms with Crippen LogP contribution < -0.4 is 20.1 Å². The van der Waals surface area contributed by atoms with E-state index >= 15 is 0 Å². The fraction of sp³-hybridized carbons (Fsp3) is 0.312. The molecule has 1 aromatic heterocycles. The predicted octanol–water partition coefficient (Wildman–Crippen LogP) is 3.19. The first kappa shape index (κ1) is 16.1. The molecule has 3 rings (SSSR count). The molecule has 0 unspecified atom stereocenters. The van der Waals surface area contributed by atoms with E-state index in [2.05, 4.69) is 32.6 Å². The Kier molecular flexibility index (Phi) is 5.40. The summed E-state index contributed by atoms with van der Waals surface area (Å²) in [4.78, 5) is 13.0. The Morgan fingerprint density at radius 1 is 1.22 bits per heavy atom. The van der Waals surface area contributed by atoms with E-state index in [9.17, 15) is 4.79 Å². The number of benzene rings is 1. The van der Waals surface area contributed by atoms with Gasteiger partial charge in [0, 0.05) is 11.4 Å². The average molecular weight is 397 g/mol. The summed E-state index contributed by atoms with van der Waals surface area (Å²) in [5, 5.41) is 5.66. The van der Waals surface area contributed by atoms with Crippen LogP contribution in [-0.4, -0.2) is 31.8 Å². The second-order valence-electron chi connectivity index (χ2n) is 5.09. The van der Waals surface area contributed by atoms with Crippen LogP contribution in [0.25, 0.3) is 0 Å². The summed E-state index contributed by atoms with van der Waals surface area (Å²) in [7, 11) is 0. The molecule has 0 aliphatic carbocycles. The molecule has 1 aromatic carbocycles. The standard InChI is InChI=1S/C16H17BrN2O3S/c17-15-6-5-12(23-15)7-8-18-16(20)19-9-11-10-21-13-3-1-2-4-14(13)22-11/h1-6,11H,7-10H2,(H2,18,19,20)/t11-/m0/s1. The van der Waals surface area contributed by atoms with Gasteiger partial charge in [-0.2, -0.15) is 0 Å². The summed E-state index contributed by atoms with van der Waals surface area (Å²) >= 11 is 5.10. The zero-order chi connectivity index (χ0) is 16.1. The van der Waals surface area contributed by atoms with Gasteiger partial charge < -0.3 is 20.1 Å². The number of carbonyl (C=O) groups excluding carboxylic acids is 1. The molecular weight excluding hydrogens is 380 g/mol. The van der Waals surface area contributed by atoms with Crippen LogP contribution >= 0.6 is 27.3 Å². The van der Waals surface area contributed by atoms with Crippen molar-refractivity contribution in [3.63, 3.8) is 0 Å². The molecule has 7 heteroatoms. The molecule has 2 aromatic rings. The maximum Gasteiger partial charge on any atom is 0.314 e. The van der Waals surface area contributed by atoms with Gasteiger partial charge in [0.1, 0.15) is 6.61 Å². The minimum absolute atomic E-state index is 0.177. The van der Waals surface area contributed by atoms with Crippen LogP contribution in [0.4, 0.5) is 4.79 Å². The maximum absolute atomic E-state index is 11.8. The lowest BCUT2D eigenvalue weighted by atomic mass is 10.2. The van der Waals surface area contributed by atoms with Gasteiger partial charge in [-0.1, -0.05) is 12.1 Å². The van der Waals surface area contributed by atoms with Gasteiger partial charge in [-0.15, -0.1) is 11.3 Å². The van der Waals surface area contributed by atoms with Gasteiger partial charge in [0.25, 0.3) is 0 Å². The fourth-order valence-electron chi connectivity index (χ4n) is 2.22. The van der Waals surface area contributed by atoms with E-state index in [-0.39, 0.29) is 12.1 Å². The number of amides is 2. The van der Waals surface area contributed by atoms with Gasteiger partial charge in [0.15, 0.2) is 17.6 Å². The molecule has 2 amide bonds. The second-order valence-corrected chi connectivity index (χ2v) is 7.64. The zero-order valence-electron chi connectivity index (χ0n) is 12.4. The number of fused-ring (bicyclic) bond motifs is 1. The number of thiophene rings is 1. The highest BCUT2D eigenvalue weighted by molar-refractivity contribution is 9.11. The normalized spacial score (nSPS) is 16.0. The Morgan fingerprint density at radius 2 is 2.04 bits per heavy atom. The van der Waals surface area contributed by atoms with Crippen LogP contribution in [0.3, 0.4) is 0 Å². The van der Waals surface area contributed by atoms with Crippen LogP contribution in [-0.2, 0) is 6.42 Å². The van der Waals surface area contributed by atoms with E-state index in [0.29, 0.717) is 25.4 Å². The lowest BCUT2D eigenvalue weighted by Gasteiger charge is -2.26. The van der Waals surface area contributed by atoms with E-state index in [1.54, 1.807) is 11.3 Å². The number of hydrogen-bond acceptors (Lipinski definition) is 4. The quantitative estimate of drug-likeness (QED) is 0.815. The van der Waals surface area contributed by atoms with Crippen LogP contribution in [0.1, 0.15) is 4.88 Å². The van der Waals surface area contributed by atoms with Crippen LogP contribution in [0.5, 0.6) is 11.5 Å². The Balaban J connectivity index is 1.36. The Bertz CT molecular complexity index is 677. The average Bonchev–Trinajstić information content (AvgIpc) is 2.98. The van der Waals surface area contributed by atoms with Gasteiger partial charge in [-0.25, -0.2) is 4.79 Å². The molecule has 0 bridgehead atoms. The van der Waals surface area contributed by atoms with Crippen molar-refractivity contribution in [1.82, 2.24) is 10.6 Å². The number of halogens is 1. The number of para-hydroxylation sites is 2. The summed E-state index contributed by atoms with van der Waals surface area (Å²) in [5.41, 5.74) is 0. The van der Waals surface area contributed by atoms with Crippen molar-refractivity contribution in [3.05, 3.63) is 45.1 Å². The van der Waals surface area contributed by atoms with E-state index in [1.165, 1.54) is 4.88 Å². The van der Waals surface area contributed by atoms with Gasteiger partial charge in [-0.3, -0.25) is 0 Å². The highest BCUT2D eigenvalue weighted by Gasteiger charge is 2.20. The van der Waals surface area contributed by atoms with Crippen molar-refractivity contribution in [2.45, 2.75) is 12.5 Å². The summed E-state index contributed by atoms with van der Waals surface area (Å²) in [5.74, 6) is 1.46.